The molecule has 0 aromatic heterocycles. The number of halogens is 1. The van der Waals surface area contributed by atoms with E-state index in [0.29, 0.717) is 17.1 Å². The van der Waals surface area contributed by atoms with Gasteiger partial charge in [-0.3, -0.25) is 0 Å². The van der Waals surface area contributed by atoms with Crippen molar-refractivity contribution in [3.8, 4) is 6.07 Å². The summed E-state index contributed by atoms with van der Waals surface area (Å²) in [6.45, 7) is 2.08. The zero-order chi connectivity index (χ0) is 15.7. The number of sulfonamides is 1. The summed E-state index contributed by atoms with van der Waals surface area (Å²) in [6, 6.07) is 7.58. The minimum absolute atomic E-state index is 0.0803. The number of nitrogens with zero attached hydrogens (tertiary/aromatic N) is 3. The first kappa shape index (κ1) is 15.6. The lowest BCUT2D eigenvalue weighted by atomic mass is 10.0. The third-order valence-electron chi connectivity index (χ3n) is 4.43. The number of piperidine rings is 1. The van der Waals surface area contributed by atoms with E-state index >= 15 is 0 Å². The molecule has 5 nitrogen and oxygen atoms in total. The van der Waals surface area contributed by atoms with E-state index in [1.807, 2.05) is 0 Å². The third kappa shape index (κ3) is 2.81. The van der Waals surface area contributed by atoms with Gasteiger partial charge in [0.15, 0.2) is 0 Å². The van der Waals surface area contributed by atoms with E-state index in [2.05, 4.69) is 11.0 Å². The van der Waals surface area contributed by atoms with Gasteiger partial charge in [0, 0.05) is 25.7 Å². The molecule has 2 heterocycles. The van der Waals surface area contributed by atoms with Crippen LogP contribution in [-0.4, -0.2) is 44.2 Å². The number of hydrogen-bond acceptors (Lipinski definition) is 4. The third-order valence-corrected chi connectivity index (χ3v) is 6.74. The maximum absolute atomic E-state index is 12.0. The van der Waals surface area contributed by atoms with Gasteiger partial charge in [-0.1, -0.05) is 17.7 Å². The van der Waals surface area contributed by atoms with Crippen LogP contribution in [0.3, 0.4) is 0 Å². The molecular formula is C15H18ClN3O2S. The zero-order valence-electron chi connectivity index (χ0n) is 12.2. The van der Waals surface area contributed by atoms with E-state index in [9.17, 15) is 13.7 Å². The van der Waals surface area contributed by atoms with Gasteiger partial charge in [0.25, 0.3) is 0 Å². The summed E-state index contributed by atoms with van der Waals surface area (Å²) in [5, 5.41) is 9.82. The number of para-hydroxylation sites is 1. The number of hydrogen-bond donors (Lipinski definition) is 0. The average Bonchev–Trinajstić information content (AvgIpc) is 2.86. The zero-order valence-corrected chi connectivity index (χ0v) is 13.8. The fourth-order valence-corrected chi connectivity index (χ4v) is 5.47. The van der Waals surface area contributed by atoms with Crippen LogP contribution < -0.4 is 4.90 Å². The fraction of sp³-hybridized carbons (Fsp3) is 0.533. The molecule has 2 aliphatic heterocycles. The van der Waals surface area contributed by atoms with E-state index in [-0.39, 0.29) is 11.8 Å². The van der Waals surface area contributed by atoms with Crippen molar-refractivity contribution < 1.29 is 8.42 Å². The monoisotopic (exact) mass is 339 g/mol. The van der Waals surface area contributed by atoms with Crippen LogP contribution >= 0.6 is 11.6 Å². The van der Waals surface area contributed by atoms with E-state index < -0.39 is 10.0 Å². The molecule has 0 amide bonds. The second-order valence-corrected chi connectivity index (χ2v) is 8.19. The summed E-state index contributed by atoms with van der Waals surface area (Å²) in [5.41, 5.74) is 1.34. The Hall–Kier alpha value is -1.29. The molecule has 0 saturated carbocycles. The number of benzene rings is 1. The highest BCUT2D eigenvalue weighted by molar-refractivity contribution is 7.89. The van der Waals surface area contributed by atoms with Crippen LogP contribution in [0.4, 0.5) is 5.69 Å². The molecule has 0 N–H and O–H groups in total. The Balaban J connectivity index is 1.74. The minimum atomic E-state index is -3.05. The highest BCUT2D eigenvalue weighted by Crippen LogP contribution is 2.33. The first-order valence-corrected chi connectivity index (χ1v) is 9.45. The summed E-state index contributed by atoms with van der Waals surface area (Å²) in [4.78, 5) is 2.10. The summed E-state index contributed by atoms with van der Waals surface area (Å²) < 4.78 is 25.7. The van der Waals surface area contributed by atoms with E-state index in [4.69, 9.17) is 11.6 Å². The average molecular weight is 340 g/mol. The predicted octanol–water partition coefficient (Wildman–Crippen LogP) is 2.22. The van der Waals surface area contributed by atoms with Crippen molar-refractivity contribution >= 4 is 27.3 Å². The van der Waals surface area contributed by atoms with E-state index in [0.717, 1.165) is 38.0 Å². The van der Waals surface area contributed by atoms with Crippen molar-refractivity contribution in [2.24, 2.45) is 0 Å². The van der Waals surface area contributed by atoms with Crippen LogP contribution in [-0.2, 0) is 10.0 Å². The minimum Gasteiger partial charge on any atom is -0.369 e. The first-order valence-electron chi connectivity index (χ1n) is 7.46. The molecule has 22 heavy (non-hydrogen) atoms. The largest absolute Gasteiger partial charge is 0.369 e. The predicted molar refractivity (Wildman–Crippen MR) is 86.5 cm³/mol. The summed E-state index contributed by atoms with van der Waals surface area (Å²) in [6.07, 6.45) is 2.27. The highest BCUT2D eigenvalue weighted by atomic mass is 35.5. The van der Waals surface area contributed by atoms with Crippen molar-refractivity contribution in [1.82, 2.24) is 4.31 Å². The molecule has 7 heteroatoms. The molecule has 0 spiro atoms. The number of rotatable bonds is 2. The lowest BCUT2D eigenvalue weighted by molar-refractivity contribution is 0.291. The van der Waals surface area contributed by atoms with Crippen molar-refractivity contribution in [1.29, 1.82) is 5.26 Å². The van der Waals surface area contributed by atoms with Gasteiger partial charge in [-0.05, 0) is 31.4 Å². The molecule has 0 aliphatic carbocycles. The molecule has 2 aliphatic rings. The Labute approximate surface area is 136 Å². The van der Waals surface area contributed by atoms with Gasteiger partial charge in [0.1, 0.15) is 6.07 Å². The van der Waals surface area contributed by atoms with E-state index in [1.54, 1.807) is 22.5 Å². The Morgan fingerprint density at radius 2 is 1.95 bits per heavy atom. The number of anilines is 1. The van der Waals surface area contributed by atoms with Crippen LogP contribution in [0.1, 0.15) is 24.8 Å². The van der Waals surface area contributed by atoms with Gasteiger partial charge in [0.2, 0.25) is 10.0 Å². The molecule has 1 aromatic rings. The fourth-order valence-electron chi connectivity index (χ4n) is 3.37. The molecule has 118 valence electrons. The van der Waals surface area contributed by atoms with Gasteiger partial charge in [-0.15, -0.1) is 0 Å². The lowest BCUT2D eigenvalue weighted by Crippen LogP contribution is -2.45. The molecule has 0 bridgehead atoms. The Kier molecular flexibility index (Phi) is 4.31. The maximum Gasteiger partial charge on any atom is 0.214 e. The molecule has 2 saturated heterocycles. The second-order valence-electron chi connectivity index (χ2n) is 5.75. The summed E-state index contributed by atoms with van der Waals surface area (Å²) >= 11 is 6.25. The smallest absolute Gasteiger partial charge is 0.214 e. The van der Waals surface area contributed by atoms with Gasteiger partial charge < -0.3 is 4.90 Å². The molecule has 3 rings (SSSR count). The van der Waals surface area contributed by atoms with Crippen LogP contribution in [0, 0.1) is 11.3 Å². The summed E-state index contributed by atoms with van der Waals surface area (Å²) in [7, 11) is -3.05. The van der Waals surface area contributed by atoms with Crippen LogP contribution in [0.5, 0.6) is 0 Å². The lowest BCUT2D eigenvalue weighted by Gasteiger charge is -2.37. The van der Waals surface area contributed by atoms with Crippen molar-refractivity contribution in [3.05, 3.63) is 28.8 Å². The van der Waals surface area contributed by atoms with Gasteiger partial charge >= 0.3 is 0 Å². The summed E-state index contributed by atoms with van der Waals surface area (Å²) in [5.74, 6) is 0.274. The molecular weight excluding hydrogens is 322 g/mol. The van der Waals surface area contributed by atoms with Crippen molar-refractivity contribution in [3.63, 3.8) is 0 Å². The van der Waals surface area contributed by atoms with Gasteiger partial charge in [0.05, 0.1) is 22.0 Å². The SMILES string of the molecule is N#Cc1cccc(Cl)c1N1CCC(N2CCCS2(=O)=O)CC1. The Morgan fingerprint density at radius 1 is 1.23 bits per heavy atom. The number of nitriles is 1. The molecule has 0 atom stereocenters. The van der Waals surface area contributed by atoms with Crippen LogP contribution in [0.15, 0.2) is 18.2 Å². The van der Waals surface area contributed by atoms with Crippen LogP contribution in [0.2, 0.25) is 5.02 Å². The highest BCUT2D eigenvalue weighted by Gasteiger charge is 2.36. The first-order chi connectivity index (χ1) is 10.5. The van der Waals surface area contributed by atoms with Crippen molar-refractivity contribution in [2.75, 3.05) is 30.3 Å². The van der Waals surface area contributed by atoms with Gasteiger partial charge in [-0.2, -0.15) is 9.57 Å². The topological polar surface area (TPSA) is 64.4 Å². The molecule has 0 radical (unpaired) electrons. The molecule has 2 fully saturated rings. The second kappa shape index (κ2) is 6.07. The van der Waals surface area contributed by atoms with Crippen molar-refractivity contribution in [2.45, 2.75) is 25.3 Å². The Morgan fingerprint density at radius 3 is 2.55 bits per heavy atom. The standard InChI is InChI=1S/C15H18ClN3O2S/c16-14-4-1-3-12(11-17)15(14)18-8-5-13(6-9-18)19-7-2-10-22(19,20)21/h1,3-4,13H,2,5-10H2. The quantitative estimate of drug-likeness (QED) is 0.828. The van der Waals surface area contributed by atoms with Crippen LogP contribution in [0.25, 0.3) is 0 Å². The molecule has 1 aromatic carbocycles. The normalized spacial score (nSPS) is 22.6. The van der Waals surface area contributed by atoms with E-state index in [1.165, 1.54) is 0 Å². The van der Waals surface area contributed by atoms with Gasteiger partial charge in [-0.25, -0.2) is 8.42 Å². The molecule has 0 unspecified atom stereocenters. The Bertz CT molecular complexity index is 706. The maximum atomic E-state index is 12.0.